The molecule has 1 aliphatic rings. The molecule has 4 nitrogen and oxygen atoms in total. The second kappa shape index (κ2) is 10.6. The van der Waals surface area contributed by atoms with Crippen molar-refractivity contribution in [2.45, 2.75) is 38.3 Å². The maximum atomic E-state index is 13.1. The van der Waals surface area contributed by atoms with Gasteiger partial charge in [0, 0.05) is 18.2 Å². The fourth-order valence-electron chi connectivity index (χ4n) is 3.99. The van der Waals surface area contributed by atoms with Crippen molar-refractivity contribution in [1.29, 1.82) is 0 Å². The molecule has 3 aromatic carbocycles. The average Bonchev–Trinajstić information content (AvgIpc) is 2.85. The summed E-state index contributed by atoms with van der Waals surface area (Å²) in [6, 6.07) is 29.2. The number of hydrogen-bond acceptors (Lipinski definition) is 3. The summed E-state index contributed by atoms with van der Waals surface area (Å²) in [5.41, 5.74) is 3.79. The highest BCUT2D eigenvalue weighted by molar-refractivity contribution is 5.97. The number of benzene rings is 3. The molecule has 0 radical (unpaired) electrons. The number of aryl methyl sites for hydroxylation is 1. The van der Waals surface area contributed by atoms with Crippen molar-refractivity contribution in [2.24, 2.45) is 0 Å². The van der Waals surface area contributed by atoms with E-state index in [4.69, 9.17) is 4.74 Å². The molecule has 0 fully saturated rings. The van der Waals surface area contributed by atoms with Gasteiger partial charge in [-0.15, -0.1) is 0 Å². The topological polar surface area (TPSA) is 46.6 Å². The van der Waals surface area contributed by atoms with Crippen molar-refractivity contribution >= 4 is 11.9 Å². The maximum Gasteiger partial charge on any atom is 0.414 e. The van der Waals surface area contributed by atoms with E-state index in [1.165, 1.54) is 5.56 Å². The highest BCUT2D eigenvalue weighted by atomic mass is 16.6. The molecule has 0 N–H and O–H groups in total. The van der Waals surface area contributed by atoms with Crippen molar-refractivity contribution < 1.29 is 14.3 Å². The van der Waals surface area contributed by atoms with E-state index in [-0.39, 0.29) is 24.9 Å². The molecule has 0 bridgehead atoms. The van der Waals surface area contributed by atoms with Crippen molar-refractivity contribution in [2.75, 3.05) is 0 Å². The largest absolute Gasteiger partial charge is 0.444 e. The average molecular weight is 426 g/mol. The van der Waals surface area contributed by atoms with Crippen LogP contribution in [0.2, 0.25) is 0 Å². The van der Waals surface area contributed by atoms with Crippen LogP contribution in [0.4, 0.5) is 4.79 Å². The summed E-state index contributed by atoms with van der Waals surface area (Å²) >= 11 is 0. The molecule has 1 aliphatic heterocycles. The van der Waals surface area contributed by atoms with Crippen LogP contribution in [0.15, 0.2) is 103 Å². The van der Waals surface area contributed by atoms with Gasteiger partial charge in [0.05, 0.1) is 6.04 Å². The molecule has 0 saturated heterocycles. The molecular formula is C28H27NO3. The van der Waals surface area contributed by atoms with Gasteiger partial charge in [0.1, 0.15) is 6.61 Å². The van der Waals surface area contributed by atoms with Gasteiger partial charge in [-0.2, -0.15) is 0 Å². The van der Waals surface area contributed by atoms with Gasteiger partial charge in [-0.05, 0) is 36.0 Å². The molecule has 0 aromatic heterocycles. The Hall–Kier alpha value is -3.66. The van der Waals surface area contributed by atoms with E-state index < -0.39 is 6.09 Å². The zero-order valence-electron chi connectivity index (χ0n) is 18.0. The Morgan fingerprint density at radius 3 is 2.06 bits per heavy atom. The van der Waals surface area contributed by atoms with E-state index >= 15 is 0 Å². The minimum absolute atomic E-state index is 0.0963. The highest BCUT2D eigenvalue weighted by Gasteiger charge is 2.33. The number of Topliss-reactive ketones (excluding diaryl/α,β-unsaturated/α-hetero) is 1. The number of rotatable bonds is 7. The van der Waals surface area contributed by atoms with Crippen LogP contribution in [-0.4, -0.2) is 16.8 Å². The van der Waals surface area contributed by atoms with Crippen LogP contribution in [0.5, 0.6) is 0 Å². The number of allylic oxidation sites excluding steroid dienone is 1. The Bertz CT molecular complexity index is 1060. The molecule has 0 spiro atoms. The molecule has 4 rings (SSSR count). The Morgan fingerprint density at radius 2 is 1.41 bits per heavy atom. The Kier molecular flexibility index (Phi) is 7.13. The highest BCUT2D eigenvalue weighted by Crippen LogP contribution is 2.33. The quantitative estimate of drug-likeness (QED) is 0.450. The number of carbonyl (C=O) groups excluding carboxylic acids is 2. The number of nitrogens with zero attached hydrogens (tertiary/aromatic N) is 1. The van der Waals surface area contributed by atoms with E-state index in [0.717, 1.165) is 24.0 Å². The number of ether oxygens (including phenoxy) is 1. The molecule has 1 amide bonds. The molecule has 3 aromatic rings. The zero-order chi connectivity index (χ0) is 22.2. The lowest BCUT2D eigenvalue weighted by Gasteiger charge is -2.33. The summed E-state index contributed by atoms with van der Waals surface area (Å²) in [7, 11) is 0. The summed E-state index contributed by atoms with van der Waals surface area (Å²) in [6.07, 6.45) is 3.92. The van der Waals surface area contributed by atoms with Crippen molar-refractivity contribution in [3.05, 3.63) is 119 Å². The van der Waals surface area contributed by atoms with Crippen molar-refractivity contribution in [1.82, 2.24) is 4.90 Å². The van der Waals surface area contributed by atoms with Crippen LogP contribution < -0.4 is 0 Å². The molecular weight excluding hydrogens is 398 g/mol. The molecule has 0 saturated carbocycles. The minimum atomic E-state index is -0.434. The normalized spacial score (nSPS) is 15.9. The Balaban J connectivity index is 1.49. The van der Waals surface area contributed by atoms with E-state index in [9.17, 15) is 9.59 Å². The van der Waals surface area contributed by atoms with Crippen LogP contribution in [0, 0.1) is 0 Å². The van der Waals surface area contributed by atoms with Crippen LogP contribution in [0.1, 0.15) is 42.0 Å². The smallest absolute Gasteiger partial charge is 0.414 e. The number of carbonyl (C=O) groups is 2. The Morgan fingerprint density at radius 1 is 0.812 bits per heavy atom. The molecule has 1 heterocycles. The lowest BCUT2D eigenvalue weighted by molar-refractivity contribution is -0.117. The third-order valence-electron chi connectivity index (χ3n) is 5.72. The summed E-state index contributed by atoms with van der Waals surface area (Å²) in [5.74, 6) is 0.0963. The first-order chi connectivity index (χ1) is 15.7. The van der Waals surface area contributed by atoms with Gasteiger partial charge in [-0.25, -0.2) is 4.79 Å². The first-order valence-corrected chi connectivity index (χ1v) is 11.0. The van der Waals surface area contributed by atoms with Crippen molar-refractivity contribution in [3.63, 3.8) is 0 Å². The monoisotopic (exact) mass is 425 g/mol. The molecule has 32 heavy (non-hydrogen) atoms. The first-order valence-electron chi connectivity index (χ1n) is 11.0. The molecule has 4 heteroatoms. The zero-order valence-corrected chi connectivity index (χ0v) is 18.0. The second-order valence-corrected chi connectivity index (χ2v) is 7.99. The van der Waals surface area contributed by atoms with Crippen LogP contribution >= 0.6 is 0 Å². The fourth-order valence-corrected chi connectivity index (χ4v) is 3.99. The van der Waals surface area contributed by atoms with Gasteiger partial charge in [-0.3, -0.25) is 9.69 Å². The summed E-state index contributed by atoms with van der Waals surface area (Å²) in [4.78, 5) is 27.6. The third kappa shape index (κ3) is 5.52. The molecule has 1 atom stereocenters. The lowest BCUT2D eigenvalue weighted by Crippen LogP contribution is -2.36. The SMILES string of the molecule is O=C1CC(c2ccccc2)N(C(=O)OCc2ccccc2)C=C1CCCc1ccccc1. The third-order valence-corrected chi connectivity index (χ3v) is 5.72. The van der Waals surface area contributed by atoms with Gasteiger partial charge in [0.2, 0.25) is 0 Å². The number of amides is 1. The van der Waals surface area contributed by atoms with Gasteiger partial charge < -0.3 is 4.74 Å². The van der Waals surface area contributed by atoms with E-state index in [0.29, 0.717) is 12.0 Å². The number of hydrogen-bond donors (Lipinski definition) is 0. The minimum Gasteiger partial charge on any atom is -0.444 e. The van der Waals surface area contributed by atoms with Crippen LogP contribution in [0.3, 0.4) is 0 Å². The molecule has 0 aliphatic carbocycles. The standard InChI is InChI=1S/C28H27NO3/c30-27-19-26(24-16-8-3-9-17-24)29(28(31)32-21-23-13-6-2-7-14-23)20-25(27)18-10-15-22-11-4-1-5-12-22/h1-9,11-14,16-17,20,26H,10,15,18-19,21H2. The van der Waals surface area contributed by atoms with Crippen LogP contribution in [0.25, 0.3) is 0 Å². The molecule has 162 valence electrons. The van der Waals surface area contributed by atoms with Gasteiger partial charge >= 0.3 is 6.09 Å². The maximum absolute atomic E-state index is 13.1. The summed E-state index contributed by atoms with van der Waals surface area (Å²) < 4.78 is 5.61. The second-order valence-electron chi connectivity index (χ2n) is 7.99. The predicted octanol–water partition coefficient (Wildman–Crippen LogP) is 6.25. The lowest BCUT2D eigenvalue weighted by atomic mass is 9.91. The first kappa shape index (κ1) is 21.6. The van der Waals surface area contributed by atoms with Crippen molar-refractivity contribution in [3.8, 4) is 0 Å². The van der Waals surface area contributed by atoms with E-state index in [2.05, 4.69) is 12.1 Å². The van der Waals surface area contributed by atoms with Gasteiger partial charge in [0.25, 0.3) is 0 Å². The number of ketones is 1. The molecule has 1 unspecified atom stereocenters. The Labute approximate surface area is 189 Å². The summed E-state index contributed by atoms with van der Waals surface area (Å²) in [5, 5.41) is 0. The van der Waals surface area contributed by atoms with E-state index in [1.54, 1.807) is 11.1 Å². The predicted molar refractivity (Wildman–Crippen MR) is 125 cm³/mol. The summed E-state index contributed by atoms with van der Waals surface area (Å²) in [6.45, 7) is 0.197. The van der Waals surface area contributed by atoms with Gasteiger partial charge in [0.15, 0.2) is 5.78 Å². The van der Waals surface area contributed by atoms with Gasteiger partial charge in [-0.1, -0.05) is 91.0 Å². The fraction of sp³-hybridized carbons (Fsp3) is 0.214. The van der Waals surface area contributed by atoms with E-state index in [1.807, 2.05) is 78.9 Å². The van der Waals surface area contributed by atoms with Crippen LogP contribution in [-0.2, 0) is 22.6 Å².